The van der Waals surface area contributed by atoms with Crippen molar-refractivity contribution in [1.29, 1.82) is 0 Å². The topological polar surface area (TPSA) is 41.1 Å². The summed E-state index contributed by atoms with van der Waals surface area (Å²) in [5.41, 5.74) is 1.03. The summed E-state index contributed by atoms with van der Waals surface area (Å²) in [6.45, 7) is 11.6. The van der Waals surface area contributed by atoms with Gasteiger partial charge in [0, 0.05) is 19.1 Å². The highest BCUT2D eigenvalue weighted by atomic mass is 15.1. The lowest BCUT2D eigenvalue weighted by atomic mass is 10.3. The molecular weight excluding hydrogens is 212 g/mol. The maximum absolute atomic E-state index is 4.44. The van der Waals surface area contributed by atoms with Gasteiger partial charge in [-0.15, -0.1) is 0 Å². The first-order valence-electron chi connectivity index (χ1n) is 6.46. The van der Waals surface area contributed by atoms with Crippen molar-refractivity contribution in [3.8, 4) is 0 Å². The molecule has 0 unspecified atom stereocenters. The molecule has 1 heterocycles. The Kier molecular flexibility index (Phi) is 5.91. The molecule has 0 aliphatic rings. The molecular formula is C13H24N4. The molecule has 4 heteroatoms. The Hall–Kier alpha value is -1.16. The van der Waals surface area contributed by atoms with Crippen LogP contribution in [0.2, 0.25) is 0 Å². The van der Waals surface area contributed by atoms with E-state index in [-0.39, 0.29) is 0 Å². The molecule has 1 rings (SSSR count). The molecule has 4 nitrogen and oxygen atoms in total. The molecule has 0 radical (unpaired) electrons. The molecule has 1 aromatic rings. The molecule has 0 saturated heterocycles. The molecule has 17 heavy (non-hydrogen) atoms. The molecule has 0 bridgehead atoms. The van der Waals surface area contributed by atoms with Crippen LogP contribution in [0.5, 0.6) is 0 Å². The minimum absolute atomic E-state index is 0.541. The fourth-order valence-corrected chi connectivity index (χ4v) is 1.65. The zero-order chi connectivity index (χ0) is 12.7. The predicted molar refractivity (Wildman–Crippen MR) is 72.0 cm³/mol. The molecule has 0 aromatic carbocycles. The van der Waals surface area contributed by atoms with Gasteiger partial charge >= 0.3 is 0 Å². The van der Waals surface area contributed by atoms with E-state index in [2.05, 4.69) is 47.9 Å². The number of nitrogens with one attached hydrogen (secondary N) is 1. The van der Waals surface area contributed by atoms with Gasteiger partial charge in [0.25, 0.3) is 0 Å². The van der Waals surface area contributed by atoms with Crippen LogP contribution < -0.4 is 5.32 Å². The van der Waals surface area contributed by atoms with Crippen LogP contribution in [0.15, 0.2) is 12.4 Å². The second-order valence-electron chi connectivity index (χ2n) is 4.48. The van der Waals surface area contributed by atoms with Crippen LogP contribution in [-0.4, -0.2) is 34.0 Å². The number of rotatable bonds is 7. The van der Waals surface area contributed by atoms with E-state index in [4.69, 9.17) is 0 Å². The third-order valence-electron chi connectivity index (χ3n) is 2.76. The second kappa shape index (κ2) is 7.22. The summed E-state index contributed by atoms with van der Waals surface area (Å²) in [6.07, 6.45) is 4.78. The van der Waals surface area contributed by atoms with Crippen LogP contribution in [-0.2, 0) is 6.54 Å². The van der Waals surface area contributed by atoms with E-state index < -0.39 is 0 Å². The second-order valence-corrected chi connectivity index (χ2v) is 4.48. The Morgan fingerprint density at radius 1 is 1.24 bits per heavy atom. The number of nitrogens with zero attached hydrogens (tertiary/aromatic N) is 3. The zero-order valence-corrected chi connectivity index (χ0v) is 11.4. The van der Waals surface area contributed by atoms with Gasteiger partial charge in [-0.3, -0.25) is 9.88 Å². The Labute approximate surface area is 104 Å². The van der Waals surface area contributed by atoms with Gasteiger partial charge in [-0.05, 0) is 26.8 Å². The molecule has 0 aliphatic carbocycles. The lowest BCUT2D eigenvalue weighted by molar-refractivity contribution is 0.222. The van der Waals surface area contributed by atoms with Crippen LogP contribution in [0.4, 0.5) is 5.82 Å². The van der Waals surface area contributed by atoms with Crippen LogP contribution in [0.25, 0.3) is 0 Å². The lowest BCUT2D eigenvalue weighted by Crippen LogP contribution is -2.30. The summed E-state index contributed by atoms with van der Waals surface area (Å²) in [7, 11) is 0. The van der Waals surface area contributed by atoms with E-state index in [9.17, 15) is 0 Å². The number of hydrogen-bond donors (Lipinski definition) is 1. The average molecular weight is 236 g/mol. The third-order valence-corrected chi connectivity index (χ3v) is 2.76. The average Bonchev–Trinajstić information content (AvgIpc) is 2.34. The first-order chi connectivity index (χ1) is 8.17. The van der Waals surface area contributed by atoms with Gasteiger partial charge in [-0.2, -0.15) is 0 Å². The van der Waals surface area contributed by atoms with E-state index in [1.54, 1.807) is 0 Å². The third kappa shape index (κ3) is 4.69. The van der Waals surface area contributed by atoms with Gasteiger partial charge in [-0.25, -0.2) is 4.98 Å². The molecule has 1 N–H and O–H groups in total. The summed E-state index contributed by atoms with van der Waals surface area (Å²) >= 11 is 0. The molecule has 0 spiro atoms. The smallest absolute Gasteiger partial charge is 0.144 e. The van der Waals surface area contributed by atoms with Crippen molar-refractivity contribution in [3.63, 3.8) is 0 Å². The van der Waals surface area contributed by atoms with Crippen molar-refractivity contribution < 1.29 is 0 Å². The number of hydrogen-bond acceptors (Lipinski definition) is 4. The Morgan fingerprint density at radius 2 is 2.00 bits per heavy atom. The Bertz CT molecular complexity index is 308. The predicted octanol–water partition coefficient (Wildman–Crippen LogP) is 2.53. The van der Waals surface area contributed by atoms with Crippen LogP contribution in [0, 0.1) is 0 Å². The molecule has 0 aliphatic heterocycles. The van der Waals surface area contributed by atoms with E-state index in [1.165, 1.54) is 0 Å². The van der Waals surface area contributed by atoms with Crippen molar-refractivity contribution in [2.24, 2.45) is 0 Å². The molecule has 0 amide bonds. The SMILES string of the molecule is CCCNc1cnc(CN(CC)C(C)C)cn1. The summed E-state index contributed by atoms with van der Waals surface area (Å²) in [6, 6.07) is 0.541. The lowest BCUT2D eigenvalue weighted by Gasteiger charge is -2.24. The molecule has 96 valence electrons. The van der Waals surface area contributed by atoms with E-state index in [1.807, 2.05) is 12.4 Å². The first kappa shape index (κ1) is 13.9. The van der Waals surface area contributed by atoms with Crippen molar-refractivity contribution in [1.82, 2.24) is 14.9 Å². The molecule has 0 saturated carbocycles. The minimum Gasteiger partial charge on any atom is -0.369 e. The Balaban J connectivity index is 2.55. The fraction of sp³-hybridized carbons (Fsp3) is 0.692. The van der Waals surface area contributed by atoms with Gasteiger partial charge in [0.1, 0.15) is 5.82 Å². The first-order valence-corrected chi connectivity index (χ1v) is 6.46. The van der Waals surface area contributed by atoms with Crippen molar-refractivity contribution in [3.05, 3.63) is 18.1 Å². The monoisotopic (exact) mass is 236 g/mol. The van der Waals surface area contributed by atoms with E-state index in [0.29, 0.717) is 6.04 Å². The molecule has 0 atom stereocenters. The summed E-state index contributed by atoms with van der Waals surface area (Å²) in [4.78, 5) is 11.2. The van der Waals surface area contributed by atoms with E-state index in [0.717, 1.165) is 37.6 Å². The summed E-state index contributed by atoms with van der Waals surface area (Å²) in [5.74, 6) is 0.864. The van der Waals surface area contributed by atoms with Crippen molar-refractivity contribution in [2.75, 3.05) is 18.4 Å². The molecule has 0 fully saturated rings. The Morgan fingerprint density at radius 3 is 2.47 bits per heavy atom. The van der Waals surface area contributed by atoms with E-state index >= 15 is 0 Å². The minimum atomic E-state index is 0.541. The fourth-order valence-electron chi connectivity index (χ4n) is 1.65. The highest BCUT2D eigenvalue weighted by molar-refractivity contribution is 5.30. The zero-order valence-electron chi connectivity index (χ0n) is 11.4. The van der Waals surface area contributed by atoms with Crippen molar-refractivity contribution in [2.45, 2.75) is 46.7 Å². The largest absolute Gasteiger partial charge is 0.369 e. The van der Waals surface area contributed by atoms with Gasteiger partial charge in [0.05, 0.1) is 18.1 Å². The van der Waals surface area contributed by atoms with Gasteiger partial charge in [0.2, 0.25) is 0 Å². The maximum Gasteiger partial charge on any atom is 0.144 e. The van der Waals surface area contributed by atoms with Gasteiger partial charge < -0.3 is 5.32 Å². The van der Waals surface area contributed by atoms with Crippen LogP contribution in [0.3, 0.4) is 0 Å². The standard InChI is InChI=1S/C13H24N4/c1-5-7-14-13-9-15-12(8-16-13)10-17(6-2)11(3)4/h8-9,11H,5-7,10H2,1-4H3,(H,14,16). The van der Waals surface area contributed by atoms with Gasteiger partial charge in [-0.1, -0.05) is 13.8 Å². The highest BCUT2D eigenvalue weighted by Gasteiger charge is 2.08. The highest BCUT2D eigenvalue weighted by Crippen LogP contribution is 2.06. The molecule has 1 aromatic heterocycles. The number of anilines is 1. The van der Waals surface area contributed by atoms with Gasteiger partial charge in [0.15, 0.2) is 0 Å². The normalized spacial score (nSPS) is 11.2. The van der Waals surface area contributed by atoms with Crippen LogP contribution >= 0.6 is 0 Å². The van der Waals surface area contributed by atoms with Crippen molar-refractivity contribution >= 4 is 5.82 Å². The van der Waals surface area contributed by atoms with Crippen LogP contribution in [0.1, 0.15) is 39.8 Å². The quantitative estimate of drug-likeness (QED) is 0.790. The summed E-state index contributed by atoms with van der Waals surface area (Å²) < 4.78 is 0. The summed E-state index contributed by atoms with van der Waals surface area (Å²) in [5, 5.41) is 3.22. The maximum atomic E-state index is 4.44. The number of aromatic nitrogens is 2.